The number of anilines is 1. The van der Waals surface area contributed by atoms with Gasteiger partial charge >= 0.3 is 0 Å². The van der Waals surface area contributed by atoms with Crippen molar-refractivity contribution in [1.29, 1.82) is 0 Å². The number of aromatic nitrogens is 2. The molecule has 2 N–H and O–H groups in total. The van der Waals surface area contributed by atoms with E-state index in [-0.39, 0.29) is 0 Å². The zero-order valence-electron chi connectivity index (χ0n) is 13.4. The molecule has 118 valence electrons. The number of benzene rings is 2. The first-order valence-electron chi connectivity index (χ1n) is 7.32. The summed E-state index contributed by atoms with van der Waals surface area (Å²) < 4.78 is 6.96. The van der Waals surface area contributed by atoms with Crippen LogP contribution < -0.4 is 10.5 Å². The Labute approximate surface area is 140 Å². The summed E-state index contributed by atoms with van der Waals surface area (Å²) in [4.78, 5) is 2.14. The van der Waals surface area contributed by atoms with Crippen LogP contribution in [0.4, 0.5) is 5.82 Å². The number of nitrogens with zero attached hydrogens (tertiary/aromatic N) is 2. The van der Waals surface area contributed by atoms with Crippen LogP contribution in [-0.4, -0.2) is 16.9 Å². The van der Waals surface area contributed by atoms with E-state index >= 15 is 0 Å². The molecule has 3 aromatic rings. The van der Waals surface area contributed by atoms with Crippen LogP contribution >= 0.6 is 11.8 Å². The summed E-state index contributed by atoms with van der Waals surface area (Å²) in [5.74, 6) is 1.46. The van der Waals surface area contributed by atoms with Crippen LogP contribution in [0.5, 0.6) is 5.75 Å². The number of aryl methyl sites for hydroxylation is 2. The molecule has 0 saturated heterocycles. The summed E-state index contributed by atoms with van der Waals surface area (Å²) in [7, 11) is 1.65. The Morgan fingerprint density at radius 3 is 2.26 bits per heavy atom. The van der Waals surface area contributed by atoms with E-state index in [1.165, 1.54) is 5.56 Å². The molecule has 0 aliphatic rings. The predicted octanol–water partition coefficient (Wildman–Crippen LogP) is 4.23. The van der Waals surface area contributed by atoms with Gasteiger partial charge in [-0.1, -0.05) is 29.5 Å². The van der Waals surface area contributed by atoms with E-state index in [4.69, 9.17) is 10.5 Å². The van der Waals surface area contributed by atoms with Gasteiger partial charge in [0, 0.05) is 4.90 Å². The summed E-state index contributed by atoms with van der Waals surface area (Å²) in [5.41, 5.74) is 9.42. The molecule has 0 radical (unpaired) electrons. The molecule has 0 unspecified atom stereocenters. The molecule has 2 aromatic carbocycles. The van der Waals surface area contributed by atoms with Crippen molar-refractivity contribution in [2.24, 2.45) is 0 Å². The highest BCUT2D eigenvalue weighted by Crippen LogP contribution is 2.36. The summed E-state index contributed by atoms with van der Waals surface area (Å²) in [6.07, 6.45) is 0. The van der Waals surface area contributed by atoms with Crippen LogP contribution in [0.15, 0.2) is 58.3 Å². The van der Waals surface area contributed by atoms with Crippen molar-refractivity contribution in [3.05, 3.63) is 59.8 Å². The smallest absolute Gasteiger partial charge is 0.141 e. The Kier molecular flexibility index (Phi) is 4.30. The number of nitrogen functional groups attached to an aromatic ring is 1. The summed E-state index contributed by atoms with van der Waals surface area (Å²) >= 11 is 1.64. The molecule has 0 aliphatic carbocycles. The van der Waals surface area contributed by atoms with E-state index < -0.39 is 0 Å². The van der Waals surface area contributed by atoms with Crippen molar-refractivity contribution in [2.75, 3.05) is 12.8 Å². The second-order valence-corrected chi connectivity index (χ2v) is 6.41. The zero-order valence-corrected chi connectivity index (χ0v) is 14.2. The first-order valence-corrected chi connectivity index (χ1v) is 8.14. The normalized spacial score (nSPS) is 10.7. The van der Waals surface area contributed by atoms with Gasteiger partial charge in [0.15, 0.2) is 0 Å². The van der Waals surface area contributed by atoms with Crippen LogP contribution in [0.2, 0.25) is 0 Å². The Hall–Kier alpha value is -2.40. The standard InChI is InChI=1S/C18H19N3OS/c1-12-4-10-16(11-5-12)23-17-13(2)20-21(18(17)19)14-6-8-15(22-3)9-7-14/h4-11H,19H2,1-3H3. The highest BCUT2D eigenvalue weighted by Gasteiger charge is 2.15. The van der Waals surface area contributed by atoms with Gasteiger partial charge in [-0.05, 0) is 50.2 Å². The topological polar surface area (TPSA) is 53.1 Å². The first kappa shape index (κ1) is 15.5. The maximum absolute atomic E-state index is 6.33. The van der Waals surface area contributed by atoms with Gasteiger partial charge in [-0.15, -0.1) is 0 Å². The Morgan fingerprint density at radius 2 is 1.65 bits per heavy atom. The third kappa shape index (κ3) is 3.19. The molecule has 23 heavy (non-hydrogen) atoms. The lowest BCUT2D eigenvalue weighted by molar-refractivity contribution is 0.414. The van der Waals surface area contributed by atoms with Gasteiger partial charge in [0.25, 0.3) is 0 Å². The van der Waals surface area contributed by atoms with Crippen LogP contribution in [0.1, 0.15) is 11.3 Å². The number of ether oxygens (including phenoxy) is 1. The minimum Gasteiger partial charge on any atom is -0.497 e. The van der Waals surface area contributed by atoms with Gasteiger partial charge in [-0.2, -0.15) is 5.10 Å². The molecule has 3 rings (SSSR count). The second-order valence-electron chi connectivity index (χ2n) is 5.32. The molecule has 4 nitrogen and oxygen atoms in total. The van der Waals surface area contributed by atoms with Gasteiger partial charge in [0.05, 0.1) is 23.4 Å². The maximum Gasteiger partial charge on any atom is 0.141 e. The fraction of sp³-hybridized carbons (Fsp3) is 0.167. The fourth-order valence-corrected chi connectivity index (χ4v) is 3.19. The Bertz CT molecular complexity index is 808. The van der Waals surface area contributed by atoms with E-state index in [2.05, 4.69) is 36.3 Å². The van der Waals surface area contributed by atoms with Crippen LogP contribution in [0, 0.1) is 13.8 Å². The molecule has 0 atom stereocenters. The van der Waals surface area contributed by atoms with E-state index in [0.29, 0.717) is 5.82 Å². The quantitative estimate of drug-likeness (QED) is 0.780. The molecular weight excluding hydrogens is 306 g/mol. The third-order valence-electron chi connectivity index (χ3n) is 3.60. The van der Waals surface area contributed by atoms with Gasteiger partial charge in [0.1, 0.15) is 11.6 Å². The molecule has 0 saturated carbocycles. The molecule has 5 heteroatoms. The summed E-state index contributed by atoms with van der Waals surface area (Å²) in [6.45, 7) is 4.06. The molecule has 0 fully saturated rings. The van der Waals surface area contributed by atoms with E-state index in [1.54, 1.807) is 23.6 Å². The van der Waals surface area contributed by atoms with Gasteiger partial charge in [-0.25, -0.2) is 4.68 Å². The largest absolute Gasteiger partial charge is 0.497 e. The number of rotatable bonds is 4. The highest BCUT2D eigenvalue weighted by molar-refractivity contribution is 7.99. The van der Waals surface area contributed by atoms with Crippen molar-refractivity contribution in [2.45, 2.75) is 23.6 Å². The summed E-state index contributed by atoms with van der Waals surface area (Å²) in [5, 5.41) is 4.58. The van der Waals surface area contributed by atoms with Crippen molar-refractivity contribution in [3.8, 4) is 11.4 Å². The van der Waals surface area contributed by atoms with Crippen LogP contribution in [-0.2, 0) is 0 Å². The molecule has 0 amide bonds. The molecule has 0 spiro atoms. The maximum atomic E-state index is 6.33. The lowest BCUT2D eigenvalue weighted by Gasteiger charge is -2.06. The van der Waals surface area contributed by atoms with E-state index in [1.807, 2.05) is 31.2 Å². The SMILES string of the molecule is COc1ccc(-n2nc(C)c(Sc3ccc(C)cc3)c2N)cc1. The van der Waals surface area contributed by atoms with Crippen molar-refractivity contribution in [1.82, 2.24) is 9.78 Å². The lowest BCUT2D eigenvalue weighted by Crippen LogP contribution is -2.02. The average molecular weight is 325 g/mol. The summed E-state index contributed by atoms with van der Waals surface area (Å²) in [6, 6.07) is 16.1. The second kappa shape index (κ2) is 6.38. The van der Waals surface area contributed by atoms with Crippen molar-refractivity contribution < 1.29 is 4.74 Å². The van der Waals surface area contributed by atoms with Gasteiger partial charge < -0.3 is 10.5 Å². The van der Waals surface area contributed by atoms with Crippen molar-refractivity contribution >= 4 is 17.6 Å². The molecule has 1 aromatic heterocycles. The van der Waals surface area contributed by atoms with E-state index in [9.17, 15) is 0 Å². The highest BCUT2D eigenvalue weighted by atomic mass is 32.2. The monoisotopic (exact) mass is 325 g/mol. The minimum absolute atomic E-state index is 0.651. The van der Waals surface area contributed by atoms with Crippen LogP contribution in [0.25, 0.3) is 5.69 Å². The first-order chi connectivity index (χ1) is 11.1. The average Bonchev–Trinajstić information content (AvgIpc) is 2.85. The zero-order chi connectivity index (χ0) is 16.4. The number of methoxy groups -OCH3 is 1. The molecule has 1 heterocycles. The van der Waals surface area contributed by atoms with Crippen LogP contribution in [0.3, 0.4) is 0 Å². The van der Waals surface area contributed by atoms with Crippen molar-refractivity contribution in [3.63, 3.8) is 0 Å². The number of hydrogen-bond acceptors (Lipinski definition) is 4. The fourth-order valence-electron chi connectivity index (χ4n) is 2.30. The number of nitrogens with two attached hydrogens (primary N) is 1. The Balaban J connectivity index is 1.93. The molecule has 0 bridgehead atoms. The van der Waals surface area contributed by atoms with Gasteiger partial charge in [-0.3, -0.25) is 0 Å². The predicted molar refractivity (Wildman–Crippen MR) is 94.6 cm³/mol. The number of hydrogen-bond donors (Lipinski definition) is 1. The molecule has 0 aliphatic heterocycles. The Morgan fingerprint density at radius 1 is 1.00 bits per heavy atom. The molecular formula is C18H19N3OS. The lowest BCUT2D eigenvalue weighted by atomic mass is 10.2. The van der Waals surface area contributed by atoms with E-state index in [0.717, 1.165) is 26.9 Å². The minimum atomic E-state index is 0.651. The third-order valence-corrected chi connectivity index (χ3v) is 4.81. The van der Waals surface area contributed by atoms with Gasteiger partial charge in [0.2, 0.25) is 0 Å².